The largest absolute Gasteiger partial charge is 0.335 e. The Morgan fingerprint density at radius 2 is 2.50 bits per heavy atom. The van der Waals surface area contributed by atoms with Gasteiger partial charge in [0.15, 0.2) is 0 Å². The number of hydrogen-bond donors (Lipinski definition) is 1. The molecule has 0 unspecified atom stereocenters. The summed E-state index contributed by atoms with van der Waals surface area (Å²) in [5.41, 5.74) is 0. The second-order valence-electron chi connectivity index (χ2n) is 2.10. The van der Waals surface area contributed by atoms with Crippen molar-refractivity contribution < 1.29 is 0 Å². The number of aryl methyl sites for hydroxylation is 2. The fourth-order valence-corrected chi connectivity index (χ4v) is 1.16. The fourth-order valence-electron chi connectivity index (χ4n) is 0.956. The van der Waals surface area contributed by atoms with Gasteiger partial charge in [-0.15, -0.1) is 0 Å². The molecule has 0 bridgehead atoms. The molecular formula is C7H12N2S. The van der Waals surface area contributed by atoms with Crippen LogP contribution in [0, 0.1) is 0 Å². The molecule has 1 aromatic heterocycles. The summed E-state index contributed by atoms with van der Waals surface area (Å²) < 4.78 is 2.14. The molecule has 1 aromatic rings. The molecule has 0 saturated heterocycles. The van der Waals surface area contributed by atoms with E-state index >= 15 is 0 Å². The summed E-state index contributed by atoms with van der Waals surface area (Å²) in [6, 6.07) is 0. The van der Waals surface area contributed by atoms with Gasteiger partial charge in [0, 0.05) is 25.4 Å². The van der Waals surface area contributed by atoms with Gasteiger partial charge in [0.2, 0.25) is 0 Å². The van der Waals surface area contributed by atoms with Crippen molar-refractivity contribution in [3.63, 3.8) is 0 Å². The predicted octanol–water partition coefficient (Wildman–Crippen LogP) is 1.38. The molecule has 1 heterocycles. The second kappa shape index (κ2) is 3.66. The average Bonchev–Trinajstić information content (AvgIpc) is 2.36. The second-order valence-corrected chi connectivity index (χ2v) is 2.55. The van der Waals surface area contributed by atoms with Gasteiger partial charge in [0.25, 0.3) is 0 Å². The highest BCUT2D eigenvalue weighted by Crippen LogP contribution is 1.98. The third kappa shape index (κ3) is 1.53. The van der Waals surface area contributed by atoms with Crippen molar-refractivity contribution in [1.82, 2.24) is 9.55 Å². The lowest BCUT2D eigenvalue weighted by Crippen LogP contribution is -2.01. The van der Waals surface area contributed by atoms with Gasteiger partial charge in [0.1, 0.15) is 5.82 Å². The summed E-state index contributed by atoms with van der Waals surface area (Å²) >= 11 is 4.14. The third-order valence-corrected chi connectivity index (χ3v) is 1.70. The minimum Gasteiger partial charge on any atom is -0.335 e. The van der Waals surface area contributed by atoms with Crippen LogP contribution in [0.25, 0.3) is 0 Å². The maximum Gasteiger partial charge on any atom is 0.109 e. The minimum absolute atomic E-state index is 0.872. The standard InChI is InChI=1S/C7H12N2S/c1-2-9-5-4-8-7(9)3-6-10/h4-5,10H,2-3,6H2,1H3. The molecule has 0 atom stereocenters. The van der Waals surface area contributed by atoms with Crippen molar-refractivity contribution in [2.45, 2.75) is 19.9 Å². The van der Waals surface area contributed by atoms with E-state index in [9.17, 15) is 0 Å². The van der Waals surface area contributed by atoms with Crippen LogP contribution in [0.2, 0.25) is 0 Å². The lowest BCUT2D eigenvalue weighted by atomic mass is 10.4. The topological polar surface area (TPSA) is 17.8 Å². The number of thiol groups is 1. The summed E-state index contributed by atoms with van der Waals surface area (Å²) in [7, 11) is 0. The van der Waals surface area contributed by atoms with Gasteiger partial charge >= 0.3 is 0 Å². The summed E-state index contributed by atoms with van der Waals surface area (Å²) in [6.45, 7) is 3.12. The summed E-state index contributed by atoms with van der Waals surface area (Å²) in [5.74, 6) is 2.01. The maximum atomic E-state index is 4.19. The zero-order chi connectivity index (χ0) is 7.40. The molecule has 0 spiro atoms. The number of nitrogens with zero attached hydrogens (tertiary/aromatic N) is 2. The molecule has 0 aliphatic carbocycles. The molecule has 0 radical (unpaired) electrons. The first-order valence-electron chi connectivity index (χ1n) is 3.49. The van der Waals surface area contributed by atoms with Crippen molar-refractivity contribution in [2.24, 2.45) is 0 Å². The van der Waals surface area contributed by atoms with E-state index in [-0.39, 0.29) is 0 Å². The van der Waals surface area contributed by atoms with Crippen LogP contribution in [0.1, 0.15) is 12.7 Å². The summed E-state index contributed by atoms with van der Waals surface area (Å²) in [5, 5.41) is 0. The molecule has 0 amide bonds. The van der Waals surface area contributed by atoms with Crippen LogP contribution in [0.5, 0.6) is 0 Å². The molecule has 0 saturated carbocycles. The van der Waals surface area contributed by atoms with Crippen molar-refractivity contribution in [3.8, 4) is 0 Å². The first kappa shape index (κ1) is 7.66. The van der Waals surface area contributed by atoms with Crippen LogP contribution in [0.15, 0.2) is 12.4 Å². The zero-order valence-electron chi connectivity index (χ0n) is 6.12. The highest BCUT2D eigenvalue weighted by molar-refractivity contribution is 7.80. The first-order valence-corrected chi connectivity index (χ1v) is 4.12. The van der Waals surface area contributed by atoms with Crippen LogP contribution >= 0.6 is 12.6 Å². The molecule has 0 fully saturated rings. The Hall–Kier alpha value is -0.440. The van der Waals surface area contributed by atoms with E-state index in [2.05, 4.69) is 29.1 Å². The Morgan fingerprint density at radius 1 is 1.70 bits per heavy atom. The molecule has 0 aromatic carbocycles. The molecule has 3 heteroatoms. The first-order chi connectivity index (χ1) is 4.88. The molecule has 56 valence electrons. The molecule has 2 nitrogen and oxygen atoms in total. The summed E-state index contributed by atoms with van der Waals surface area (Å²) in [4.78, 5) is 4.19. The van der Waals surface area contributed by atoms with E-state index in [0.717, 1.165) is 24.5 Å². The Labute approximate surface area is 66.7 Å². The van der Waals surface area contributed by atoms with Gasteiger partial charge < -0.3 is 4.57 Å². The van der Waals surface area contributed by atoms with E-state index in [4.69, 9.17) is 0 Å². The molecule has 0 N–H and O–H groups in total. The van der Waals surface area contributed by atoms with Gasteiger partial charge in [-0.25, -0.2) is 4.98 Å². The van der Waals surface area contributed by atoms with Crippen LogP contribution in [-0.2, 0) is 13.0 Å². The van der Waals surface area contributed by atoms with Crippen LogP contribution in [-0.4, -0.2) is 15.3 Å². The monoisotopic (exact) mass is 156 g/mol. The van der Waals surface area contributed by atoms with Gasteiger partial charge in [-0.1, -0.05) is 0 Å². The van der Waals surface area contributed by atoms with E-state index in [0.29, 0.717) is 0 Å². The van der Waals surface area contributed by atoms with E-state index in [1.165, 1.54) is 0 Å². The van der Waals surface area contributed by atoms with Gasteiger partial charge in [-0.2, -0.15) is 12.6 Å². The van der Waals surface area contributed by atoms with Crippen molar-refractivity contribution in [2.75, 3.05) is 5.75 Å². The number of rotatable bonds is 3. The molecular weight excluding hydrogens is 144 g/mol. The van der Waals surface area contributed by atoms with Crippen LogP contribution in [0.3, 0.4) is 0 Å². The van der Waals surface area contributed by atoms with Crippen LogP contribution in [0.4, 0.5) is 0 Å². The molecule has 0 aliphatic rings. The SMILES string of the molecule is CCn1ccnc1CCS. The molecule has 1 rings (SSSR count). The lowest BCUT2D eigenvalue weighted by Gasteiger charge is -2.00. The average molecular weight is 156 g/mol. The summed E-state index contributed by atoms with van der Waals surface area (Å²) in [6.07, 6.45) is 4.80. The van der Waals surface area contributed by atoms with E-state index < -0.39 is 0 Å². The zero-order valence-corrected chi connectivity index (χ0v) is 7.01. The number of imidazole rings is 1. The number of hydrogen-bond acceptors (Lipinski definition) is 2. The third-order valence-electron chi connectivity index (χ3n) is 1.48. The smallest absolute Gasteiger partial charge is 0.109 e. The number of aromatic nitrogens is 2. The van der Waals surface area contributed by atoms with Crippen molar-refractivity contribution >= 4 is 12.6 Å². The van der Waals surface area contributed by atoms with E-state index in [1.807, 2.05) is 12.4 Å². The highest BCUT2D eigenvalue weighted by atomic mass is 32.1. The Bertz CT molecular complexity index is 195. The Morgan fingerprint density at radius 3 is 3.10 bits per heavy atom. The van der Waals surface area contributed by atoms with Gasteiger partial charge in [-0.05, 0) is 12.7 Å². The van der Waals surface area contributed by atoms with Crippen molar-refractivity contribution in [1.29, 1.82) is 0 Å². The fraction of sp³-hybridized carbons (Fsp3) is 0.571. The molecule has 0 aliphatic heterocycles. The lowest BCUT2D eigenvalue weighted by molar-refractivity contribution is 0.707. The van der Waals surface area contributed by atoms with E-state index in [1.54, 1.807) is 0 Å². The van der Waals surface area contributed by atoms with Crippen molar-refractivity contribution in [3.05, 3.63) is 18.2 Å². The Balaban J connectivity index is 2.70. The maximum absolute atomic E-state index is 4.19. The highest BCUT2D eigenvalue weighted by Gasteiger charge is 1.97. The quantitative estimate of drug-likeness (QED) is 0.654. The minimum atomic E-state index is 0.872. The normalized spacial score (nSPS) is 10.2. The predicted molar refractivity (Wildman–Crippen MR) is 45.5 cm³/mol. The van der Waals surface area contributed by atoms with Gasteiger partial charge in [-0.3, -0.25) is 0 Å². The molecule has 10 heavy (non-hydrogen) atoms. The van der Waals surface area contributed by atoms with Crippen LogP contribution < -0.4 is 0 Å². The van der Waals surface area contributed by atoms with Gasteiger partial charge in [0.05, 0.1) is 0 Å². The Kier molecular flexibility index (Phi) is 2.81.